The van der Waals surface area contributed by atoms with Gasteiger partial charge in [0.15, 0.2) is 0 Å². The Bertz CT molecular complexity index is 543. The van der Waals surface area contributed by atoms with Crippen molar-refractivity contribution in [2.45, 2.75) is 6.04 Å². The predicted molar refractivity (Wildman–Crippen MR) is 71.7 cm³/mol. The number of hydrogen-bond acceptors (Lipinski definition) is 2. The van der Waals surface area contributed by atoms with Crippen LogP contribution >= 0.6 is 34.8 Å². The Morgan fingerprint density at radius 2 is 1.76 bits per heavy atom. The van der Waals surface area contributed by atoms with Gasteiger partial charge in [0.2, 0.25) is 0 Å². The molecule has 1 aromatic heterocycles. The zero-order valence-electron chi connectivity index (χ0n) is 8.70. The van der Waals surface area contributed by atoms with E-state index in [9.17, 15) is 0 Å². The maximum absolute atomic E-state index is 6.13. The van der Waals surface area contributed by atoms with Crippen LogP contribution < -0.4 is 5.73 Å². The summed E-state index contributed by atoms with van der Waals surface area (Å²) in [5, 5.41) is 1.44. The molecule has 2 rings (SSSR count). The highest BCUT2D eigenvalue weighted by Gasteiger charge is 2.16. The first kappa shape index (κ1) is 12.7. The van der Waals surface area contributed by atoms with Crippen LogP contribution in [-0.4, -0.2) is 4.98 Å². The summed E-state index contributed by atoms with van der Waals surface area (Å²) < 4.78 is 0. The summed E-state index contributed by atoms with van der Waals surface area (Å²) in [6.07, 6.45) is 3.19. The van der Waals surface area contributed by atoms with Crippen LogP contribution in [0.5, 0.6) is 0 Å². The summed E-state index contributed by atoms with van der Waals surface area (Å²) in [5.74, 6) is 0. The van der Waals surface area contributed by atoms with Gasteiger partial charge in [-0.15, -0.1) is 0 Å². The Morgan fingerprint density at radius 3 is 2.47 bits per heavy atom. The molecule has 0 fully saturated rings. The van der Waals surface area contributed by atoms with E-state index in [2.05, 4.69) is 4.98 Å². The molecule has 1 heterocycles. The van der Waals surface area contributed by atoms with E-state index in [0.717, 1.165) is 11.1 Å². The molecule has 0 aliphatic rings. The molecular formula is C12H9Cl3N2. The van der Waals surface area contributed by atoms with E-state index >= 15 is 0 Å². The van der Waals surface area contributed by atoms with Gasteiger partial charge < -0.3 is 5.73 Å². The van der Waals surface area contributed by atoms with Crippen LogP contribution in [0.15, 0.2) is 36.7 Å². The summed E-state index contributed by atoms with van der Waals surface area (Å²) >= 11 is 18.1. The second-order valence-corrected chi connectivity index (χ2v) is 4.71. The second kappa shape index (κ2) is 5.23. The fourth-order valence-electron chi connectivity index (χ4n) is 1.57. The lowest BCUT2D eigenvalue weighted by atomic mass is 10.0. The Hall–Kier alpha value is -0.800. The van der Waals surface area contributed by atoms with Gasteiger partial charge in [-0.05, 0) is 23.3 Å². The van der Waals surface area contributed by atoms with Crippen LogP contribution in [0.2, 0.25) is 15.1 Å². The van der Waals surface area contributed by atoms with Crippen molar-refractivity contribution in [1.29, 1.82) is 0 Å². The van der Waals surface area contributed by atoms with Crippen LogP contribution in [0.1, 0.15) is 17.2 Å². The van der Waals surface area contributed by atoms with Gasteiger partial charge >= 0.3 is 0 Å². The fourth-order valence-corrected chi connectivity index (χ4v) is 2.23. The number of rotatable bonds is 2. The van der Waals surface area contributed by atoms with Crippen molar-refractivity contribution in [3.05, 3.63) is 62.9 Å². The van der Waals surface area contributed by atoms with Gasteiger partial charge in [0.05, 0.1) is 21.1 Å². The fraction of sp³-hybridized carbons (Fsp3) is 0.0833. The summed E-state index contributed by atoms with van der Waals surface area (Å²) in [6, 6.07) is 6.70. The van der Waals surface area contributed by atoms with E-state index in [0.29, 0.717) is 15.1 Å². The monoisotopic (exact) mass is 286 g/mol. The quantitative estimate of drug-likeness (QED) is 0.903. The molecule has 0 bridgehead atoms. The first-order chi connectivity index (χ1) is 8.11. The van der Waals surface area contributed by atoms with Gasteiger partial charge in [0, 0.05) is 12.4 Å². The van der Waals surface area contributed by atoms with Crippen molar-refractivity contribution >= 4 is 34.8 Å². The maximum Gasteiger partial charge on any atom is 0.0643 e. The summed E-state index contributed by atoms with van der Waals surface area (Å²) in [5.41, 5.74) is 7.64. The summed E-state index contributed by atoms with van der Waals surface area (Å²) in [4.78, 5) is 3.91. The van der Waals surface area contributed by atoms with Crippen molar-refractivity contribution in [3.63, 3.8) is 0 Å². The zero-order valence-corrected chi connectivity index (χ0v) is 11.0. The normalized spacial score (nSPS) is 12.5. The van der Waals surface area contributed by atoms with Gasteiger partial charge in [-0.25, -0.2) is 0 Å². The van der Waals surface area contributed by atoms with Gasteiger partial charge in [-0.1, -0.05) is 46.9 Å². The highest BCUT2D eigenvalue weighted by atomic mass is 35.5. The molecule has 0 amide bonds. The number of hydrogen-bond donors (Lipinski definition) is 1. The third kappa shape index (κ3) is 2.55. The minimum Gasteiger partial charge on any atom is -0.320 e. The number of nitrogens with two attached hydrogens (primary N) is 1. The Morgan fingerprint density at radius 1 is 1.00 bits per heavy atom. The average molecular weight is 288 g/mol. The predicted octanol–water partition coefficient (Wildman–Crippen LogP) is 4.09. The number of nitrogens with zero attached hydrogens (tertiary/aromatic N) is 1. The molecule has 1 unspecified atom stereocenters. The van der Waals surface area contributed by atoms with Crippen LogP contribution in [0.4, 0.5) is 0 Å². The zero-order chi connectivity index (χ0) is 12.4. The average Bonchev–Trinajstić information content (AvgIpc) is 2.32. The first-order valence-electron chi connectivity index (χ1n) is 4.90. The SMILES string of the molecule is NC(c1ccncc1Cl)c1cccc(Cl)c1Cl. The number of pyridine rings is 1. The molecule has 2 N–H and O–H groups in total. The van der Waals surface area contributed by atoms with Crippen molar-refractivity contribution in [1.82, 2.24) is 4.98 Å². The second-order valence-electron chi connectivity index (χ2n) is 3.52. The molecular weight excluding hydrogens is 279 g/mol. The van der Waals surface area contributed by atoms with E-state index in [1.54, 1.807) is 30.6 Å². The molecule has 0 radical (unpaired) electrons. The molecule has 0 aliphatic heterocycles. The molecule has 0 aliphatic carbocycles. The van der Waals surface area contributed by atoms with Crippen LogP contribution in [0, 0.1) is 0 Å². The molecule has 1 atom stereocenters. The topological polar surface area (TPSA) is 38.9 Å². The van der Waals surface area contributed by atoms with Gasteiger partial charge in [-0.3, -0.25) is 4.98 Å². The van der Waals surface area contributed by atoms with Crippen LogP contribution in [-0.2, 0) is 0 Å². The third-order valence-electron chi connectivity index (χ3n) is 2.46. The highest BCUT2D eigenvalue weighted by Crippen LogP contribution is 2.33. The van der Waals surface area contributed by atoms with E-state index < -0.39 is 6.04 Å². The Labute approximate surface area is 114 Å². The molecule has 0 spiro atoms. The van der Waals surface area contributed by atoms with Crippen molar-refractivity contribution in [2.75, 3.05) is 0 Å². The van der Waals surface area contributed by atoms with Gasteiger partial charge in [-0.2, -0.15) is 0 Å². The van der Waals surface area contributed by atoms with Gasteiger partial charge in [0.1, 0.15) is 0 Å². The Kier molecular flexibility index (Phi) is 3.89. The molecule has 2 aromatic rings. The minimum absolute atomic E-state index is 0.420. The van der Waals surface area contributed by atoms with E-state index in [1.807, 2.05) is 6.07 Å². The van der Waals surface area contributed by atoms with E-state index in [1.165, 1.54) is 0 Å². The third-order valence-corrected chi connectivity index (χ3v) is 3.60. The summed E-state index contributed by atoms with van der Waals surface area (Å²) in [6.45, 7) is 0. The summed E-state index contributed by atoms with van der Waals surface area (Å²) in [7, 11) is 0. The number of benzene rings is 1. The first-order valence-corrected chi connectivity index (χ1v) is 6.03. The minimum atomic E-state index is -0.420. The van der Waals surface area contributed by atoms with E-state index in [4.69, 9.17) is 40.5 Å². The van der Waals surface area contributed by atoms with Crippen molar-refractivity contribution in [3.8, 4) is 0 Å². The number of aromatic nitrogens is 1. The van der Waals surface area contributed by atoms with Crippen molar-refractivity contribution in [2.24, 2.45) is 5.73 Å². The van der Waals surface area contributed by atoms with Crippen molar-refractivity contribution < 1.29 is 0 Å². The van der Waals surface area contributed by atoms with E-state index in [-0.39, 0.29) is 0 Å². The standard InChI is InChI=1S/C12H9Cl3N2/c13-9-3-1-2-8(11(9)15)12(16)7-4-5-17-6-10(7)14/h1-6,12H,16H2. The lowest BCUT2D eigenvalue weighted by Crippen LogP contribution is -2.13. The van der Waals surface area contributed by atoms with Gasteiger partial charge in [0.25, 0.3) is 0 Å². The highest BCUT2D eigenvalue weighted by molar-refractivity contribution is 6.42. The lowest BCUT2D eigenvalue weighted by molar-refractivity contribution is 0.868. The smallest absolute Gasteiger partial charge is 0.0643 e. The largest absolute Gasteiger partial charge is 0.320 e. The molecule has 0 saturated carbocycles. The molecule has 88 valence electrons. The Balaban J connectivity index is 2.48. The molecule has 17 heavy (non-hydrogen) atoms. The molecule has 2 nitrogen and oxygen atoms in total. The molecule has 1 aromatic carbocycles. The number of halogens is 3. The molecule has 5 heteroatoms. The van der Waals surface area contributed by atoms with Crippen LogP contribution in [0.3, 0.4) is 0 Å². The lowest BCUT2D eigenvalue weighted by Gasteiger charge is -2.15. The maximum atomic E-state index is 6.13. The molecule has 0 saturated heterocycles. The van der Waals surface area contributed by atoms with Crippen LogP contribution in [0.25, 0.3) is 0 Å².